The summed E-state index contributed by atoms with van der Waals surface area (Å²) in [7, 11) is 4.06. The number of hydrogen-bond donors (Lipinski definition) is 0. The van der Waals surface area contributed by atoms with Gasteiger partial charge in [-0.2, -0.15) is 0 Å². The molecule has 0 saturated heterocycles. The van der Waals surface area contributed by atoms with Crippen LogP contribution in [-0.2, 0) is 9.53 Å². The van der Waals surface area contributed by atoms with Gasteiger partial charge in [0.2, 0.25) is 0 Å². The summed E-state index contributed by atoms with van der Waals surface area (Å²) in [6.45, 7) is 3.76. The molecule has 3 heteroatoms. The minimum absolute atomic E-state index is 0.0300. The van der Waals surface area contributed by atoms with E-state index in [0.29, 0.717) is 13.0 Å². The third-order valence-corrected chi connectivity index (χ3v) is 3.66. The number of unbranched alkanes of at least 4 members (excludes halogenated alkanes) is 7. The summed E-state index contributed by atoms with van der Waals surface area (Å²) in [5.74, 6) is -0.0300. The fraction of sp³-hybridized carbons (Fsp3) is 0.842. The van der Waals surface area contributed by atoms with Crippen molar-refractivity contribution in [3.63, 3.8) is 0 Å². The molecule has 130 valence electrons. The lowest BCUT2D eigenvalue weighted by atomic mass is 10.1. The first-order valence-electron chi connectivity index (χ1n) is 9.12. The second-order valence-corrected chi connectivity index (χ2v) is 6.30. The predicted molar refractivity (Wildman–Crippen MR) is 95.1 cm³/mol. The molecule has 0 radical (unpaired) electrons. The first kappa shape index (κ1) is 21.2. The van der Waals surface area contributed by atoms with Gasteiger partial charge in [-0.1, -0.05) is 51.2 Å². The Balaban J connectivity index is 3.21. The first-order valence-corrected chi connectivity index (χ1v) is 9.12. The maximum absolute atomic E-state index is 11.5. The van der Waals surface area contributed by atoms with E-state index >= 15 is 0 Å². The third-order valence-electron chi connectivity index (χ3n) is 3.66. The lowest BCUT2D eigenvalue weighted by Crippen LogP contribution is -2.16. The van der Waals surface area contributed by atoms with Crippen LogP contribution in [0.3, 0.4) is 0 Å². The van der Waals surface area contributed by atoms with Crippen molar-refractivity contribution in [2.75, 3.05) is 27.2 Å². The molecule has 0 aromatic heterocycles. The molecule has 0 aliphatic carbocycles. The minimum atomic E-state index is -0.0300. The molecule has 0 aliphatic rings. The van der Waals surface area contributed by atoms with E-state index in [1.807, 2.05) is 14.1 Å². The molecule has 0 aromatic rings. The summed E-state index contributed by atoms with van der Waals surface area (Å²) in [5, 5.41) is 0. The molecule has 22 heavy (non-hydrogen) atoms. The maximum Gasteiger partial charge on any atom is 0.305 e. The number of nitrogens with zero attached hydrogens (tertiary/aromatic N) is 1. The van der Waals surface area contributed by atoms with Gasteiger partial charge >= 0.3 is 5.97 Å². The Kier molecular flexibility index (Phi) is 15.9. The molecular formula is C19H37NO2. The highest BCUT2D eigenvalue weighted by Gasteiger charge is 2.02. The van der Waals surface area contributed by atoms with Crippen LogP contribution < -0.4 is 0 Å². The van der Waals surface area contributed by atoms with E-state index in [1.54, 1.807) is 0 Å². The molecule has 0 amide bonds. The first-order chi connectivity index (χ1) is 10.7. The van der Waals surface area contributed by atoms with Crippen LogP contribution in [0.2, 0.25) is 0 Å². The summed E-state index contributed by atoms with van der Waals surface area (Å²) < 4.78 is 5.21. The molecule has 0 N–H and O–H groups in total. The van der Waals surface area contributed by atoms with Crippen molar-refractivity contribution in [2.24, 2.45) is 0 Å². The number of allylic oxidation sites excluding steroid dienone is 2. The normalized spacial score (nSPS) is 11.5. The highest BCUT2D eigenvalue weighted by molar-refractivity contribution is 5.69. The van der Waals surface area contributed by atoms with E-state index in [9.17, 15) is 4.79 Å². The number of hydrogen-bond acceptors (Lipinski definition) is 3. The summed E-state index contributed by atoms with van der Waals surface area (Å²) in [6, 6.07) is 0. The van der Waals surface area contributed by atoms with Crippen molar-refractivity contribution in [1.82, 2.24) is 4.90 Å². The van der Waals surface area contributed by atoms with Crippen molar-refractivity contribution in [3.05, 3.63) is 12.2 Å². The maximum atomic E-state index is 11.5. The van der Waals surface area contributed by atoms with Crippen molar-refractivity contribution in [2.45, 2.75) is 77.6 Å². The van der Waals surface area contributed by atoms with Gasteiger partial charge in [0.1, 0.15) is 0 Å². The van der Waals surface area contributed by atoms with Crippen LogP contribution in [0.5, 0.6) is 0 Å². The number of ether oxygens (including phenoxy) is 1. The molecule has 0 spiro atoms. The molecule has 0 bridgehead atoms. The second-order valence-electron chi connectivity index (χ2n) is 6.30. The zero-order chi connectivity index (χ0) is 16.5. The Morgan fingerprint density at radius 1 is 0.909 bits per heavy atom. The van der Waals surface area contributed by atoms with Crippen molar-refractivity contribution < 1.29 is 9.53 Å². The summed E-state index contributed by atoms with van der Waals surface area (Å²) in [5.41, 5.74) is 0. The lowest BCUT2D eigenvalue weighted by Gasteiger charge is -2.09. The molecule has 0 heterocycles. The Morgan fingerprint density at radius 3 is 2.23 bits per heavy atom. The predicted octanol–water partition coefficient (Wildman–Crippen LogP) is 4.96. The fourth-order valence-electron chi connectivity index (χ4n) is 2.26. The summed E-state index contributed by atoms with van der Waals surface area (Å²) in [6.07, 6.45) is 17.1. The van der Waals surface area contributed by atoms with Crippen molar-refractivity contribution >= 4 is 5.97 Å². The Bertz CT molecular complexity index is 275. The molecule has 0 rings (SSSR count). The zero-order valence-corrected chi connectivity index (χ0v) is 15.1. The Hall–Kier alpha value is -0.830. The van der Waals surface area contributed by atoms with Crippen LogP contribution in [0.15, 0.2) is 12.2 Å². The van der Waals surface area contributed by atoms with E-state index < -0.39 is 0 Å². The van der Waals surface area contributed by atoms with Gasteiger partial charge in [0.05, 0.1) is 6.61 Å². The molecule has 0 unspecified atom stereocenters. The van der Waals surface area contributed by atoms with E-state index in [0.717, 1.165) is 25.8 Å². The number of carbonyl (C=O) groups excluding carboxylic acids is 1. The summed E-state index contributed by atoms with van der Waals surface area (Å²) >= 11 is 0. The largest absolute Gasteiger partial charge is 0.466 e. The van der Waals surface area contributed by atoms with Crippen LogP contribution >= 0.6 is 0 Å². The van der Waals surface area contributed by atoms with Gasteiger partial charge in [0.25, 0.3) is 0 Å². The lowest BCUT2D eigenvalue weighted by molar-refractivity contribution is -0.143. The molecule has 0 atom stereocenters. The SMILES string of the molecule is CCCC/C=C/CCCCCCCC(=O)OCCCN(C)C. The topological polar surface area (TPSA) is 29.5 Å². The molecule has 0 saturated carbocycles. The number of carbonyl (C=O) groups is 1. The highest BCUT2D eigenvalue weighted by Crippen LogP contribution is 2.08. The van der Waals surface area contributed by atoms with Gasteiger partial charge in [0.15, 0.2) is 0 Å². The molecule has 0 aliphatic heterocycles. The Labute approximate surface area is 138 Å². The average molecular weight is 312 g/mol. The standard InChI is InChI=1S/C19H37NO2/c1-4-5-6-7-8-9-10-11-12-13-14-16-19(21)22-18-15-17-20(2)3/h7-8H,4-6,9-18H2,1-3H3/b8-7+. The Morgan fingerprint density at radius 2 is 1.55 bits per heavy atom. The minimum Gasteiger partial charge on any atom is -0.466 e. The van der Waals surface area contributed by atoms with Crippen molar-refractivity contribution in [3.8, 4) is 0 Å². The van der Waals surface area contributed by atoms with E-state index in [1.165, 1.54) is 44.9 Å². The smallest absolute Gasteiger partial charge is 0.305 e. The van der Waals surface area contributed by atoms with Gasteiger partial charge in [0, 0.05) is 13.0 Å². The quantitative estimate of drug-likeness (QED) is 0.243. The van der Waals surface area contributed by atoms with Gasteiger partial charge < -0.3 is 9.64 Å². The van der Waals surface area contributed by atoms with Crippen LogP contribution in [0, 0.1) is 0 Å². The van der Waals surface area contributed by atoms with Crippen LogP contribution in [0.4, 0.5) is 0 Å². The van der Waals surface area contributed by atoms with Gasteiger partial charge in [-0.05, 0) is 46.2 Å². The highest BCUT2D eigenvalue weighted by atomic mass is 16.5. The molecule has 0 aromatic carbocycles. The van der Waals surface area contributed by atoms with Crippen LogP contribution in [-0.4, -0.2) is 38.1 Å². The molecular weight excluding hydrogens is 274 g/mol. The van der Waals surface area contributed by atoms with E-state index in [2.05, 4.69) is 24.0 Å². The third kappa shape index (κ3) is 17.2. The second kappa shape index (κ2) is 16.5. The molecule has 3 nitrogen and oxygen atoms in total. The van der Waals surface area contributed by atoms with Crippen LogP contribution in [0.25, 0.3) is 0 Å². The molecule has 0 fully saturated rings. The van der Waals surface area contributed by atoms with E-state index in [4.69, 9.17) is 4.74 Å². The number of esters is 1. The van der Waals surface area contributed by atoms with Crippen molar-refractivity contribution in [1.29, 1.82) is 0 Å². The fourth-order valence-corrected chi connectivity index (χ4v) is 2.26. The van der Waals surface area contributed by atoms with Gasteiger partial charge in [-0.3, -0.25) is 4.79 Å². The van der Waals surface area contributed by atoms with Gasteiger partial charge in [-0.15, -0.1) is 0 Å². The van der Waals surface area contributed by atoms with Gasteiger partial charge in [-0.25, -0.2) is 0 Å². The van der Waals surface area contributed by atoms with E-state index in [-0.39, 0.29) is 5.97 Å². The average Bonchev–Trinajstić information content (AvgIpc) is 2.49. The zero-order valence-electron chi connectivity index (χ0n) is 15.1. The summed E-state index contributed by atoms with van der Waals surface area (Å²) in [4.78, 5) is 13.6. The monoisotopic (exact) mass is 311 g/mol. The number of rotatable bonds is 15. The van der Waals surface area contributed by atoms with Crippen LogP contribution in [0.1, 0.15) is 77.6 Å².